The average Bonchev–Trinajstić information content (AvgIpc) is 2.93. The van der Waals surface area contributed by atoms with Gasteiger partial charge in [0.05, 0.1) is 6.04 Å². The Morgan fingerprint density at radius 1 is 1.38 bits per heavy atom. The van der Waals surface area contributed by atoms with Gasteiger partial charge in [-0.1, -0.05) is 42.1 Å². The molecule has 0 aliphatic heterocycles. The maximum atomic E-state index is 12.3. The molecule has 1 aromatic rings. The molecule has 3 nitrogen and oxygen atoms in total. The molecule has 5 heteroatoms. The lowest BCUT2D eigenvalue weighted by Crippen LogP contribution is -2.46. The topological polar surface area (TPSA) is 32.3 Å². The summed E-state index contributed by atoms with van der Waals surface area (Å²) in [7, 11) is 1.93. The highest BCUT2D eigenvalue weighted by Gasteiger charge is 2.23. The van der Waals surface area contributed by atoms with Gasteiger partial charge in [0.15, 0.2) is 0 Å². The molecule has 1 aliphatic carbocycles. The van der Waals surface area contributed by atoms with Crippen LogP contribution in [-0.4, -0.2) is 29.9 Å². The molecule has 1 saturated carbocycles. The second kappa shape index (κ2) is 7.48. The van der Waals surface area contributed by atoms with E-state index in [1.54, 1.807) is 6.07 Å². The summed E-state index contributed by atoms with van der Waals surface area (Å²) in [5.41, 5.74) is 0.976. The Hall–Kier alpha value is -0.770. The molecule has 0 saturated heterocycles. The van der Waals surface area contributed by atoms with Gasteiger partial charge in [0.2, 0.25) is 5.91 Å². The van der Waals surface area contributed by atoms with Gasteiger partial charge in [-0.2, -0.15) is 0 Å². The van der Waals surface area contributed by atoms with Gasteiger partial charge in [-0.05, 0) is 44.5 Å². The normalized spacial score (nSPS) is 17.2. The molecule has 0 aromatic heterocycles. The highest BCUT2D eigenvalue weighted by molar-refractivity contribution is 6.35. The van der Waals surface area contributed by atoms with E-state index in [0.29, 0.717) is 22.6 Å². The zero-order valence-electron chi connectivity index (χ0n) is 12.5. The van der Waals surface area contributed by atoms with Crippen molar-refractivity contribution in [1.82, 2.24) is 10.2 Å². The summed E-state index contributed by atoms with van der Waals surface area (Å²) in [6.45, 7) is 2.55. The highest BCUT2D eigenvalue weighted by atomic mass is 35.5. The van der Waals surface area contributed by atoms with E-state index in [1.807, 2.05) is 31.0 Å². The molecule has 0 heterocycles. The molecule has 0 unspecified atom stereocenters. The maximum absolute atomic E-state index is 12.3. The second-order valence-electron chi connectivity index (χ2n) is 5.82. The van der Waals surface area contributed by atoms with Gasteiger partial charge >= 0.3 is 0 Å². The first kappa shape index (κ1) is 16.6. The lowest BCUT2D eigenvalue weighted by molar-refractivity contribution is -0.126. The Labute approximate surface area is 136 Å². The SMILES string of the molecule is C[C@@H](C(=O)NC1CCCC1)N(C)Cc1ccc(Cl)cc1Cl. The molecular weight excluding hydrogens is 307 g/mol. The van der Waals surface area contributed by atoms with Gasteiger partial charge in [-0.3, -0.25) is 9.69 Å². The van der Waals surface area contributed by atoms with Crippen molar-refractivity contribution in [2.24, 2.45) is 0 Å². The van der Waals surface area contributed by atoms with Crippen LogP contribution in [0, 0.1) is 0 Å². The minimum atomic E-state index is -0.183. The van der Waals surface area contributed by atoms with E-state index in [1.165, 1.54) is 12.8 Å². The van der Waals surface area contributed by atoms with Gasteiger partial charge < -0.3 is 5.32 Å². The minimum absolute atomic E-state index is 0.0921. The molecular formula is C16H22Cl2N2O. The van der Waals surface area contributed by atoms with Gasteiger partial charge in [0, 0.05) is 22.6 Å². The molecule has 1 amide bonds. The third-order valence-electron chi connectivity index (χ3n) is 4.18. The minimum Gasteiger partial charge on any atom is -0.352 e. The number of likely N-dealkylation sites (N-methyl/N-ethyl adjacent to an activating group) is 1. The zero-order chi connectivity index (χ0) is 15.4. The third kappa shape index (κ3) is 4.60. The summed E-state index contributed by atoms with van der Waals surface area (Å²) in [6.07, 6.45) is 4.64. The van der Waals surface area contributed by atoms with E-state index in [2.05, 4.69) is 5.32 Å². The number of nitrogens with one attached hydrogen (secondary N) is 1. The van der Waals surface area contributed by atoms with Crippen molar-refractivity contribution in [1.29, 1.82) is 0 Å². The van der Waals surface area contributed by atoms with E-state index in [4.69, 9.17) is 23.2 Å². The quantitative estimate of drug-likeness (QED) is 0.889. The molecule has 1 atom stereocenters. The highest BCUT2D eigenvalue weighted by Crippen LogP contribution is 2.23. The number of halogens is 2. The zero-order valence-corrected chi connectivity index (χ0v) is 14.0. The molecule has 1 N–H and O–H groups in total. The Balaban J connectivity index is 1.91. The largest absolute Gasteiger partial charge is 0.352 e. The van der Waals surface area contributed by atoms with E-state index in [9.17, 15) is 4.79 Å². The molecule has 1 aliphatic rings. The fourth-order valence-corrected chi connectivity index (χ4v) is 3.12. The van der Waals surface area contributed by atoms with Crippen LogP contribution in [0.5, 0.6) is 0 Å². The molecule has 1 fully saturated rings. The van der Waals surface area contributed by atoms with Crippen LogP contribution in [0.3, 0.4) is 0 Å². The van der Waals surface area contributed by atoms with E-state index >= 15 is 0 Å². The van der Waals surface area contributed by atoms with Crippen molar-refractivity contribution in [2.75, 3.05) is 7.05 Å². The Morgan fingerprint density at radius 3 is 2.67 bits per heavy atom. The molecule has 2 rings (SSSR count). The molecule has 0 radical (unpaired) electrons. The first-order valence-electron chi connectivity index (χ1n) is 7.42. The molecule has 116 valence electrons. The number of nitrogens with zero attached hydrogens (tertiary/aromatic N) is 1. The van der Waals surface area contributed by atoms with E-state index in [0.717, 1.165) is 18.4 Å². The monoisotopic (exact) mass is 328 g/mol. The van der Waals surface area contributed by atoms with Gasteiger partial charge in [-0.15, -0.1) is 0 Å². The molecule has 21 heavy (non-hydrogen) atoms. The van der Waals surface area contributed by atoms with E-state index in [-0.39, 0.29) is 11.9 Å². The van der Waals surface area contributed by atoms with Crippen LogP contribution in [0.1, 0.15) is 38.2 Å². The van der Waals surface area contributed by atoms with Crippen molar-refractivity contribution < 1.29 is 4.79 Å². The van der Waals surface area contributed by atoms with Gasteiger partial charge in [0.25, 0.3) is 0 Å². The number of hydrogen-bond acceptors (Lipinski definition) is 2. The van der Waals surface area contributed by atoms with Gasteiger partial charge in [0.1, 0.15) is 0 Å². The van der Waals surface area contributed by atoms with Crippen LogP contribution >= 0.6 is 23.2 Å². The summed E-state index contributed by atoms with van der Waals surface area (Å²) in [4.78, 5) is 14.3. The third-order valence-corrected chi connectivity index (χ3v) is 4.76. The fraction of sp³-hybridized carbons (Fsp3) is 0.562. The lowest BCUT2D eigenvalue weighted by atomic mass is 10.1. The van der Waals surface area contributed by atoms with Crippen molar-refractivity contribution in [2.45, 2.75) is 51.2 Å². The van der Waals surface area contributed by atoms with Crippen molar-refractivity contribution in [3.05, 3.63) is 33.8 Å². The Morgan fingerprint density at radius 2 is 2.05 bits per heavy atom. The molecule has 0 spiro atoms. The summed E-state index contributed by atoms with van der Waals surface area (Å²) in [6, 6.07) is 5.63. The van der Waals surface area contributed by atoms with Crippen LogP contribution in [0.15, 0.2) is 18.2 Å². The van der Waals surface area contributed by atoms with Crippen molar-refractivity contribution in [3.63, 3.8) is 0 Å². The fourth-order valence-electron chi connectivity index (χ4n) is 2.65. The first-order valence-corrected chi connectivity index (χ1v) is 8.17. The van der Waals surface area contributed by atoms with Crippen LogP contribution in [0.2, 0.25) is 10.0 Å². The number of amides is 1. The number of hydrogen-bond donors (Lipinski definition) is 1. The van der Waals surface area contributed by atoms with Gasteiger partial charge in [-0.25, -0.2) is 0 Å². The second-order valence-corrected chi connectivity index (χ2v) is 6.66. The molecule has 0 bridgehead atoms. The van der Waals surface area contributed by atoms with E-state index < -0.39 is 0 Å². The molecule has 1 aromatic carbocycles. The number of carbonyl (C=O) groups excluding carboxylic acids is 1. The summed E-state index contributed by atoms with van der Waals surface area (Å²) in [5, 5.41) is 4.39. The van der Waals surface area contributed by atoms with Crippen LogP contribution in [0.4, 0.5) is 0 Å². The average molecular weight is 329 g/mol. The summed E-state index contributed by atoms with van der Waals surface area (Å²) >= 11 is 12.1. The van der Waals surface area contributed by atoms with Crippen LogP contribution in [0.25, 0.3) is 0 Å². The smallest absolute Gasteiger partial charge is 0.237 e. The van der Waals surface area contributed by atoms with Crippen molar-refractivity contribution >= 4 is 29.1 Å². The Kier molecular flexibility index (Phi) is 5.91. The maximum Gasteiger partial charge on any atom is 0.237 e. The predicted molar refractivity (Wildman–Crippen MR) is 87.8 cm³/mol. The number of carbonyl (C=O) groups is 1. The van der Waals surface area contributed by atoms with Crippen LogP contribution in [-0.2, 0) is 11.3 Å². The lowest BCUT2D eigenvalue weighted by Gasteiger charge is -2.25. The number of rotatable bonds is 5. The predicted octanol–water partition coefficient (Wildman–Crippen LogP) is 3.87. The summed E-state index contributed by atoms with van der Waals surface area (Å²) < 4.78 is 0. The first-order chi connectivity index (χ1) is 9.97. The summed E-state index contributed by atoms with van der Waals surface area (Å²) in [5.74, 6) is 0.0921. The Bertz CT molecular complexity index is 501. The van der Waals surface area contributed by atoms with Crippen LogP contribution < -0.4 is 5.32 Å². The number of benzene rings is 1. The standard InChI is InChI=1S/C16H22Cl2N2O/c1-11(16(21)19-14-5-3-4-6-14)20(2)10-12-7-8-13(17)9-15(12)18/h7-9,11,14H,3-6,10H2,1-2H3,(H,19,21)/t11-/m0/s1. The van der Waals surface area contributed by atoms with Crippen molar-refractivity contribution in [3.8, 4) is 0 Å².